The molecule has 0 radical (unpaired) electrons. The number of carboxylic acids is 1. The molecule has 1 aliphatic carbocycles. The molecule has 1 aromatic rings. The first-order valence-corrected chi connectivity index (χ1v) is 8.09. The van der Waals surface area contributed by atoms with Gasteiger partial charge in [0.1, 0.15) is 0 Å². The first-order valence-electron chi connectivity index (χ1n) is 6.61. The minimum atomic E-state index is -3.67. The van der Waals surface area contributed by atoms with Crippen LogP contribution in [0.15, 0.2) is 23.1 Å². The van der Waals surface area contributed by atoms with E-state index in [9.17, 15) is 13.2 Å². The van der Waals surface area contributed by atoms with Crippen LogP contribution < -0.4 is 4.72 Å². The highest BCUT2D eigenvalue weighted by Crippen LogP contribution is 2.35. The molecule has 0 spiro atoms. The Morgan fingerprint density at radius 1 is 1.40 bits per heavy atom. The molecule has 0 amide bonds. The van der Waals surface area contributed by atoms with Crippen LogP contribution >= 0.6 is 0 Å². The molecule has 1 aromatic carbocycles. The van der Waals surface area contributed by atoms with Crippen LogP contribution in [0.4, 0.5) is 0 Å². The van der Waals surface area contributed by atoms with Crippen molar-refractivity contribution in [2.45, 2.75) is 44.0 Å². The summed E-state index contributed by atoms with van der Waals surface area (Å²) < 4.78 is 27.3. The van der Waals surface area contributed by atoms with E-state index in [1.165, 1.54) is 0 Å². The lowest BCUT2D eigenvalue weighted by Gasteiger charge is -2.17. The van der Waals surface area contributed by atoms with Gasteiger partial charge < -0.3 is 5.11 Å². The molecule has 20 heavy (non-hydrogen) atoms. The monoisotopic (exact) mass is 297 g/mol. The van der Waals surface area contributed by atoms with Gasteiger partial charge in [-0.05, 0) is 44.2 Å². The Morgan fingerprint density at radius 2 is 2.05 bits per heavy atom. The lowest BCUT2D eigenvalue weighted by Crippen LogP contribution is -2.38. The predicted molar refractivity (Wildman–Crippen MR) is 75.0 cm³/mol. The highest BCUT2D eigenvalue weighted by atomic mass is 32.2. The summed E-state index contributed by atoms with van der Waals surface area (Å²) in [6.07, 6.45) is 1.59. The van der Waals surface area contributed by atoms with Gasteiger partial charge >= 0.3 is 5.97 Å². The van der Waals surface area contributed by atoms with E-state index in [4.69, 9.17) is 5.11 Å². The van der Waals surface area contributed by atoms with Gasteiger partial charge in [-0.3, -0.25) is 4.79 Å². The minimum Gasteiger partial charge on any atom is -0.481 e. The highest BCUT2D eigenvalue weighted by molar-refractivity contribution is 7.89. The molecule has 0 heterocycles. The zero-order valence-corrected chi connectivity index (χ0v) is 12.4. The maximum absolute atomic E-state index is 12.4. The number of aryl methyl sites for hydroxylation is 2. The fourth-order valence-corrected chi connectivity index (χ4v) is 3.89. The number of hydrogen-bond acceptors (Lipinski definition) is 3. The first-order chi connectivity index (χ1) is 9.29. The van der Waals surface area contributed by atoms with Crippen LogP contribution in [0.3, 0.4) is 0 Å². The molecular formula is C14H19NO4S. The van der Waals surface area contributed by atoms with Crippen LogP contribution in [-0.4, -0.2) is 25.5 Å². The van der Waals surface area contributed by atoms with Crippen molar-refractivity contribution in [1.29, 1.82) is 0 Å². The maximum atomic E-state index is 12.4. The fraction of sp³-hybridized carbons (Fsp3) is 0.500. The molecule has 1 atom stereocenters. The van der Waals surface area contributed by atoms with Crippen molar-refractivity contribution in [3.63, 3.8) is 0 Å². The normalized spacial score (nSPS) is 16.9. The third-order valence-electron chi connectivity index (χ3n) is 3.51. The van der Waals surface area contributed by atoms with E-state index in [2.05, 4.69) is 4.72 Å². The maximum Gasteiger partial charge on any atom is 0.304 e. The summed E-state index contributed by atoms with van der Waals surface area (Å²) in [7, 11) is -3.67. The van der Waals surface area contributed by atoms with Gasteiger partial charge in [0.05, 0.1) is 11.3 Å². The summed E-state index contributed by atoms with van der Waals surface area (Å²) in [5, 5.41) is 8.88. The third kappa shape index (κ3) is 3.58. The summed E-state index contributed by atoms with van der Waals surface area (Å²) in [5.74, 6) is -0.836. The fourth-order valence-electron chi connectivity index (χ4n) is 2.35. The summed E-state index contributed by atoms with van der Waals surface area (Å²) >= 11 is 0. The lowest BCUT2D eigenvalue weighted by atomic mass is 10.1. The molecule has 1 saturated carbocycles. The Morgan fingerprint density at radius 3 is 2.55 bits per heavy atom. The second kappa shape index (κ2) is 5.54. The number of carboxylic acid groups (broad SMARTS) is 1. The van der Waals surface area contributed by atoms with E-state index < -0.39 is 22.0 Å². The summed E-state index contributed by atoms with van der Waals surface area (Å²) in [6.45, 7) is 3.64. The number of hydrogen-bond donors (Lipinski definition) is 2. The Bertz CT molecular complexity index is 620. The van der Waals surface area contributed by atoms with E-state index >= 15 is 0 Å². The smallest absolute Gasteiger partial charge is 0.304 e. The van der Waals surface area contributed by atoms with E-state index in [0.717, 1.165) is 18.4 Å². The van der Waals surface area contributed by atoms with Crippen molar-refractivity contribution in [2.75, 3.05) is 0 Å². The molecule has 0 aliphatic heterocycles. The zero-order chi connectivity index (χ0) is 14.9. The largest absolute Gasteiger partial charge is 0.481 e. The van der Waals surface area contributed by atoms with Crippen LogP contribution in [-0.2, 0) is 14.8 Å². The van der Waals surface area contributed by atoms with Gasteiger partial charge in [-0.15, -0.1) is 0 Å². The molecule has 1 aliphatic rings. The molecule has 2 rings (SSSR count). The van der Waals surface area contributed by atoms with E-state index in [-0.39, 0.29) is 17.2 Å². The van der Waals surface area contributed by atoms with Crippen molar-refractivity contribution in [3.05, 3.63) is 29.3 Å². The van der Waals surface area contributed by atoms with Gasteiger partial charge in [0.15, 0.2) is 0 Å². The summed E-state index contributed by atoms with van der Waals surface area (Å²) in [6, 6.07) is 4.60. The van der Waals surface area contributed by atoms with E-state index in [1.54, 1.807) is 25.1 Å². The molecule has 5 nitrogen and oxygen atoms in total. The molecule has 6 heteroatoms. The number of carbonyl (C=O) groups is 1. The van der Waals surface area contributed by atoms with Gasteiger partial charge in [0.2, 0.25) is 10.0 Å². The van der Waals surface area contributed by atoms with Crippen LogP contribution in [0.2, 0.25) is 0 Å². The number of aliphatic carboxylic acids is 1. The Kier molecular flexibility index (Phi) is 4.15. The zero-order valence-electron chi connectivity index (χ0n) is 11.6. The highest BCUT2D eigenvalue weighted by Gasteiger charge is 2.35. The molecule has 0 saturated heterocycles. The number of nitrogens with one attached hydrogen (secondary N) is 1. The van der Waals surface area contributed by atoms with Crippen molar-refractivity contribution < 1.29 is 18.3 Å². The third-order valence-corrected chi connectivity index (χ3v) is 5.16. The topological polar surface area (TPSA) is 83.5 Å². The number of benzene rings is 1. The van der Waals surface area contributed by atoms with Crippen molar-refractivity contribution in [1.82, 2.24) is 4.72 Å². The van der Waals surface area contributed by atoms with Gasteiger partial charge in [-0.2, -0.15) is 0 Å². The number of rotatable bonds is 6. The predicted octanol–water partition coefficient (Wildman–Crippen LogP) is 1.84. The van der Waals surface area contributed by atoms with Crippen LogP contribution in [0.1, 0.15) is 30.4 Å². The Balaban J connectivity index is 2.22. The average Bonchev–Trinajstić information content (AvgIpc) is 3.09. The molecule has 0 bridgehead atoms. The Labute approximate surface area is 119 Å². The standard InChI is InChI=1S/C14H19NO4S/c1-9-3-6-13(10(2)7-9)20(18,19)15-12(8-14(16)17)11-4-5-11/h3,6-7,11-12,15H,4-5,8H2,1-2H3,(H,16,17). The van der Waals surface area contributed by atoms with Crippen molar-refractivity contribution in [3.8, 4) is 0 Å². The first kappa shape index (κ1) is 15.0. The molecular weight excluding hydrogens is 278 g/mol. The second-order valence-electron chi connectivity index (χ2n) is 5.43. The van der Waals surface area contributed by atoms with Crippen LogP contribution in [0.5, 0.6) is 0 Å². The Hall–Kier alpha value is -1.40. The van der Waals surface area contributed by atoms with E-state index in [0.29, 0.717) is 5.56 Å². The van der Waals surface area contributed by atoms with Gasteiger partial charge in [-0.25, -0.2) is 13.1 Å². The quantitative estimate of drug-likeness (QED) is 0.839. The SMILES string of the molecule is Cc1ccc(S(=O)(=O)NC(CC(=O)O)C2CC2)c(C)c1. The lowest BCUT2D eigenvalue weighted by molar-refractivity contribution is -0.137. The van der Waals surface area contributed by atoms with Gasteiger partial charge in [0.25, 0.3) is 0 Å². The molecule has 0 aromatic heterocycles. The van der Waals surface area contributed by atoms with Gasteiger partial charge in [0, 0.05) is 6.04 Å². The van der Waals surface area contributed by atoms with Crippen molar-refractivity contribution in [2.24, 2.45) is 5.92 Å². The van der Waals surface area contributed by atoms with Crippen molar-refractivity contribution >= 4 is 16.0 Å². The number of sulfonamides is 1. The second-order valence-corrected chi connectivity index (χ2v) is 7.11. The minimum absolute atomic E-state index is 0.145. The molecule has 1 fully saturated rings. The summed E-state index contributed by atoms with van der Waals surface area (Å²) in [5.41, 5.74) is 1.66. The molecule has 110 valence electrons. The van der Waals surface area contributed by atoms with Gasteiger partial charge in [-0.1, -0.05) is 17.7 Å². The van der Waals surface area contributed by atoms with Crippen LogP contribution in [0, 0.1) is 19.8 Å². The van der Waals surface area contributed by atoms with Crippen LogP contribution in [0.25, 0.3) is 0 Å². The summed E-state index contributed by atoms with van der Waals surface area (Å²) in [4.78, 5) is 11.1. The van der Waals surface area contributed by atoms with E-state index in [1.807, 2.05) is 6.92 Å². The average molecular weight is 297 g/mol. The molecule has 1 unspecified atom stereocenters. The molecule has 2 N–H and O–H groups in total.